The van der Waals surface area contributed by atoms with Gasteiger partial charge in [0.2, 0.25) is 0 Å². The maximum Gasteiger partial charge on any atom is 0.192 e. The number of aliphatic imine (C=N–C) groups is 1. The lowest BCUT2D eigenvalue weighted by atomic mass is 9.75. The van der Waals surface area contributed by atoms with E-state index in [0.717, 1.165) is 36.9 Å². The number of allylic oxidation sites excluding steroid dienone is 1. The van der Waals surface area contributed by atoms with Crippen molar-refractivity contribution in [3.05, 3.63) is 22.3 Å². The van der Waals surface area contributed by atoms with Crippen LogP contribution in [0.25, 0.3) is 0 Å². The SMILES string of the molecule is [2H]C([2H])([2H])C1=NC2OC3=C([C@H]4CC=C5SC6CCCCC6C5N4)CCC[C@H]3C2CC1. The summed E-state index contributed by atoms with van der Waals surface area (Å²) in [6.45, 7) is -2.08. The fourth-order valence-electron chi connectivity index (χ4n) is 6.58. The Hall–Kier alpha value is -0.740. The Bertz CT molecular complexity index is 820. The van der Waals surface area contributed by atoms with Gasteiger partial charge in [-0.3, -0.25) is 4.99 Å². The Balaban J connectivity index is 1.26. The number of thioether (sulfide) groups is 1. The quantitative estimate of drug-likeness (QED) is 0.672. The first-order valence-corrected chi connectivity index (χ1v) is 12.0. The zero-order valence-electron chi connectivity index (χ0n) is 19.0. The van der Waals surface area contributed by atoms with Gasteiger partial charge in [-0.05, 0) is 74.6 Å². The predicted octanol–water partition coefficient (Wildman–Crippen LogP) is 5.19. The molecule has 2 saturated heterocycles. The molecule has 0 aromatic heterocycles. The molecule has 4 heteroatoms. The molecule has 0 aromatic rings. The van der Waals surface area contributed by atoms with Gasteiger partial charge in [0.05, 0.1) is 0 Å². The Morgan fingerprint density at radius 3 is 3.07 bits per heavy atom. The number of hydrogen-bond donors (Lipinski definition) is 1. The van der Waals surface area contributed by atoms with Crippen molar-refractivity contribution in [1.82, 2.24) is 5.32 Å². The van der Waals surface area contributed by atoms with E-state index in [2.05, 4.69) is 28.1 Å². The molecular formula is C23H32N2OS. The zero-order valence-corrected chi connectivity index (χ0v) is 16.8. The van der Waals surface area contributed by atoms with E-state index < -0.39 is 6.85 Å². The molecule has 4 aliphatic heterocycles. The van der Waals surface area contributed by atoms with Gasteiger partial charge in [0, 0.05) is 39.0 Å². The summed E-state index contributed by atoms with van der Waals surface area (Å²) in [7, 11) is 0. The summed E-state index contributed by atoms with van der Waals surface area (Å²) in [5.74, 6) is 2.77. The first-order valence-electron chi connectivity index (χ1n) is 12.6. The minimum Gasteiger partial charge on any atom is -0.472 e. The highest BCUT2D eigenvalue weighted by atomic mass is 32.2. The Labute approximate surface area is 171 Å². The molecule has 7 atom stereocenters. The van der Waals surface area contributed by atoms with E-state index in [9.17, 15) is 0 Å². The van der Waals surface area contributed by atoms with Crippen molar-refractivity contribution >= 4 is 17.5 Å². The number of fused-ring (bicyclic) bond motifs is 6. The van der Waals surface area contributed by atoms with Gasteiger partial charge in [-0.25, -0.2) is 0 Å². The fourth-order valence-corrected chi connectivity index (χ4v) is 8.26. The van der Waals surface area contributed by atoms with Gasteiger partial charge in [0.1, 0.15) is 5.76 Å². The Kier molecular flexibility index (Phi) is 3.52. The van der Waals surface area contributed by atoms with Crippen LogP contribution in [-0.4, -0.2) is 29.3 Å². The summed E-state index contributed by atoms with van der Waals surface area (Å²) in [5.41, 5.74) is 1.82. The molecule has 1 saturated carbocycles. The van der Waals surface area contributed by atoms with E-state index in [1.54, 1.807) is 4.91 Å². The summed E-state index contributed by atoms with van der Waals surface area (Å²) in [6.07, 6.45) is 13.8. The fraction of sp³-hybridized carbons (Fsp3) is 0.783. The van der Waals surface area contributed by atoms with Crippen LogP contribution in [0.1, 0.15) is 75.2 Å². The highest BCUT2D eigenvalue weighted by Crippen LogP contribution is 2.52. The molecule has 4 heterocycles. The van der Waals surface area contributed by atoms with E-state index in [1.165, 1.54) is 43.4 Å². The molecular weight excluding hydrogens is 352 g/mol. The molecule has 0 amide bonds. The second kappa shape index (κ2) is 6.66. The summed E-state index contributed by atoms with van der Waals surface area (Å²) in [5, 5.41) is 4.87. The molecule has 3 nitrogen and oxygen atoms in total. The van der Waals surface area contributed by atoms with Gasteiger partial charge in [0.15, 0.2) is 6.23 Å². The summed E-state index contributed by atoms with van der Waals surface area (Å²) in [6, 6.07) is 0.917. The minimum atomic E-state index is -2.08. The molecule has 3 fully saturated rings. The van der Waals surface area contributed by atoms with E-state index in [-0.39, 0.29) is 6.23 Å². The summed E-state index contributed by atoms with van der Waals surface area (Å²) in [4.78, 5) is 6.18. The topological polar surface area (TPSA) is 33.6 Å². The van der Waals surface area contributed by atoms with Crippen LogP contribution >= 0.6 is 11.8 Å². The van der Waals surface area contributed by atoms with Gasteiger partial charge in [-0.1, -0.05) is 18.9 Å². The smallest absolute Gasteiger partial charge is 0.192 e. The Morgan fingerprint density at radius 2 is 2.11 bits per heavy atom. The van der Waals surface area contributed by atoms with Gasteiger partial charge in [-0.15, -0.1) is 11.8 Å². The largest absolute Gasteiger partial charge is 0.472 e. The molecule has 0 aromatic carbocycles. The van der Waals surface area contributed by atoms with Gasteiger partial charge >= 0.3 is 0 Å². The molecule has 0 radical (unpaired) electrons. The maximum atomic E-state index is 7.74. The van der Waals surface area contributed by atoms with Crippen molar-refractivity contribution in [2.75, 3.05) is 0 Å². The normalized spacial score (nSPS) is 48.0. The van der Waals surface area contributed by atoms with Crippen LogP contribution in [0.15, 0.2) is 27.3 Å². The maximum absolute atomic E-state index is 7.74. The third kappa shape index (κ3) is 2.77. The molecule has 27 heavy (non-hydrogen) atoms. The number of ether oxygens (including phenoxy) is 1. The van der Waals surface area contributed by atoms with Crippen LogP contribution in [0, 0.1) is 17.8 Å². The van der Waals surface area contributed by atoms with Crippen LogP contribution in [0.4, 0.5) is 0 Å². The number of nitrogens with one attached hydrogen (secondary N) is 1. The van der Waals surface area contributed by atoms with Crippen molar-refractivity contribution in [3.63, 3.8) is 0 Å². The van der Waals surface area contributed by atoms with E-state index in [0.29, 0.717) is 36.1 Å². The molecule has 0 spiro atoms. The van der Waals surface area contributed by atoms with Crippen LogP contribution in [-0.2, 0) is 4.74 Å². The number of hydrogen-bond acceptors (Lipinski definition) is 4. The summed E-state index contributed by atoms with van der Waals surface area (Å²) >= 11 is 2.15. The van der Waals surface area contributed by atoms with Crippen molar-refractivity contribution < 1.29 is 8.85 Å². The minimum absolute atomic E-state index is 0.276. The molecule has 1 N–H and O–H groups in total. The van der Waals surface area contributed by atoms with Crippen molar-refractivity contribution in [1.29, 1.82) is 0 Å². The number of nitrogens with zero attached hydrogens (tertiary/aromatic N) is 1. The van der Waals surface area contributed by atoms with E-state index in [1.807, 2.05) is 0 Å². The average molecular weight is 388 g/mol. The predicted molar refractivity (Wildman–Crippen MR) is 112 cm³/mol. The third-order valence-electron chi connectivity index (χ3n) is 7.87. The van der Waals surface area contributed by atoms with Crippen molar-refractivity contribution in [2.45, 2.75) is 94.6 Å². The average Bonchev–Trinajstić information content (AvgIpc) is 3.30. The van der Waals surface area contributed by atoms with Gasteiger partial charge in [-0.2, -0.15) is 0 Å². The second-order valence-corrected chi connectivity index (χ2v) is 10.6. The van der Waals surface area contributed by atoms with Gasteiger partial charge in [0.25, 0.3) is 0 Å². The van der Waals surface area contributed by atoms with Crippen LogP contribution in [0.2, 0.25) is 0 Å². The van der Waals surface area contributed by atoms with E-state index >= 15 is 0 Å². The Morgan fingerprint density at radius 1 is 1.15 bits per heavy atom. The van der Waals surface area contributed by atoms with Gasteiger partial charge < -0.3 is 10.1 Å². The molecule has 5 unspecified atom stereocenters. The zero-order chi connectivity index (χ0) is 20.5. The lowest BCUT2D eigenvalue weighted by Gasteiger charge is -2.36. The van der Waals surface area contributed by atoms with Crippen molar-refractivity contribution in [2.24, 2.45) is 22.7 Å². The first-order chi connectivity index (χ1) is 14.5. The number of rotatable bonds is 1. The van der Waals surface area contributed by atoms with Crippen LogP contribution in [0.5, 0.6) is 0 Å². The van der Waals surface area contributed by atoms with E-state index in [4.69, 9.17) is 8.85 Å². The summed E-state index contributed by atoms with van der Waals surface area (Å²) < 4.78 is 29.7. The standard InChI is InChI=1S/C23H32N2OS/c1-13-9-10-15-14-6-4-7-16(22(14)26-23(15)24-13)18-11-12-20-21(25-18)17-5-2-3-8-19(17)27-20/h12,14-15,17-19,21,23,25H,2-11H2,1H3/t14-,15?,17?,18+,19?,21?,23?/m0/s1/i1D3. The molecule has 6 rings (SSSR count). The molecule has 2 aliphatic carbocycles. The molecule has 146 valence electrons. The second-order valence-electron chi connectivity index (χ2n) is 9.32. The highest BCUT2D eigenvalue weighted by Gasteiger charge is 2.48. The third-order valence-corrected chi connectivity index (χ3v) is 9.46. The lowest BCUT2D eigenvalue weighted by molar-refractivity contribution is 0.127. The molecule has 6 aliphatic rings. The molecule has 0 bridgehead atoms. The van der Waals surface area contributed by atoms with Crippen LogP contribution < -0.4 is 5.32 Å². The first kappa shape index (κ1) is 14.3. The van der Waals surface area contributed by atoms with Crippen molar-refractivity contribution in [3.8, 4) is 0 Å². The highest BCUT2D eigenvalue weighted by molar-refractivity contribution is 8.04. The lowest BCUT2D eigenvalue weighted by Crippen LogP contribution is -2.47. The van der Waals surface area contributed by atoms with Crippen LogP contribution in [0.3, 0.4) is 0 Å². The monoisotopic (exact) mass is 387 g/mol.